The molecular weight excluding hydrogens is 248 g/mol. The van der Waals surface area contributed by atoms with Crippen LogP contribution >= 0.6 is 11.6 Å². The average Bonchev–Trinajstić information content (AvgIpc) is 2.64. The summed E-state index contributed by atoms with van der Waals surface area (Å²) in [5.74, 6) is 0.548. The number of aryl methyl sites for hydroxylation is 1. The van der Waals surface area contributed by atoms with Gasteiger partial charge in [0, 0.05) is 11.3 Å². The van der Waals surface area contributed by atoms with Gasteiger partial charge in [-0.1, -0.05) is 13.8 Å². The van der Waals surface area contributed by atoms with Crippen molar-refractivity contribution in [1.82, 2.24) is 9.78 Å². The lowest BCUT2D eigenvalue weighted by Gasteiger charge is -2.19. The van der Waals surface area contributed by atoms with Crippen LogP contribution in [0.2, 0.25) is 0 Å². The maximum atomic E-state index is 6.03. The molecule has 0 fully saturated rings. The van der Waals surface area contributed by atoms with Crippen LogP contribution in [0, 0.1) is 0 Å². The SMILES string of the molecule is CCc1nn(CCOC(C)(C)C)c(CC)c1CCl. The normalized spacial score (nSPS) is 12.1. The van der Waals surface area contributed by atoms with Crippen molar-refractivity contribution in [1.29, 1.82) is 0 Å². The number of aromatic nitrogens is 2. The van der Waals surface area contributed by atoms with Crippen molar-refractivity contribution in [2.75, 3.05) is 6.61 Å². The molecule has 3 nitrogen and oxygen atoms in total. The lowest BCUT2D eigenvalue weighted by molar-refractivity contribution is -0.00817. The minimum Gasteiger partial charge on any atom is -0.374 e. The first-order valence-electron chi connectivity index (χ1n) is 6.70. The second-order valence-corrected chi connectivity index (χ2v) is 5.66. The van der Waals surface area contributed by atoms with Crippen molar-refractivity contribution in [3.05, 3.63) is 17.0 Å². The Morgan fingerprint density at radius 1 is 1.22 bits per heavy atom. The van der Waals surface area contributed by atoms with Gasteiger partial charge in [-0.15, -0.1) is 11.6 Å². The van der Waals surface area contributed by atoms with Crippen LogP contribution in [0.25, 0.3) is 0 Å². The Morgan fingerprint density at radius 3 is 2.33 bits per heavy atom. The number of hydrogen-bond acceptors (Lipinski definition) is 2. The molecule has 0 amide bonds. The summed E-state index contributed by atoms with van der Waals surface area (Å²) in [5.41, 5.74) is 3.48. The summed E-state index contributed by atoms with van der Waals surface area (Å²) >= 11 is 6.03. The first-order chi connectivity index (χ1) is 8.42. The molecule has 0 bridgehead atoms. The highest BCUT2D eigenvalue weighted by Crippen LogP contribution is 2.18. The van der Waals surface area contributed by atoms with E-state index in [-0.39, 0.29) is 5.60 Å². The minimum atomic E-state index is -0.0948. The van der Waals surface area contributed by atoms with Crippen molar-refractivity contribution < 1.29 is 4.74 Å². The molecule has 104 valence electrons. The van der Waals surface area contributed by atoms with Crippen molar-refractivity contribution in [2.24, 2.45) is 0 Å². The standard InChI is InChI=1S/C14H25ClN2O/c1-6-12-11(10-15)13(7-2)17(16-12)8-9-18-14(3,4)5/h6-10H2,1-5H3. The van der Waals surface area contributed by atoms with E-state index in [1.165, 1.54) is 11.3 Å². The molecule has 0 atom stereocenters. The van der Waals surface area contributed by atoms with Crippen molar-refractivity contribution in [3.8, 4) is 0 Å². The van der Waals surface area contributed by atoms with Gasteiger partial charge in [0.25, 0.3) is 0 Å². The van der Waals surface area contributed by atoms with E-state index < -0.39 is 0 Å². The van der Waals surface area contributed by atoms with E-state index in [0.717, 1.165) is 25.1 Å². The molecule has 0 radical (unpaired) electrons. The lowest BCUT2D eigenvalue weighted by atomic mass is 10.1. The third-order valence-corrected chi connectivity index (χ3v) is 3.16. The van der Waals surface area contributed by atoms with Gasteiger partial charge in [-0.05, 0) is 33.6 Å². The Morgan fingerprint density at radius 2 is 1.89 bits per heavy atom. The van der Waals surface area contributed by atoms with E-state index >= 15 is 0 Å². The summed E-state index contributed by atoms with van der Waals surface area (Å²) in [7, 11) is 0. The Labute approximate surface area is 115 Å². The largest absolute Gasteiger partial charge is 0.374 e. The number of ether oxygens (including phenoxy) is 1. The van der Waals surface area contributed by atoms with Crippen LogP contribution in [0.1, 0.15) is 51.6 Å². The molecule has 0 unspecified atom stereocenters. The molecule has 0 saturated heterocycles. The topological polar surface area (TPSA) is 27.1 Å². The molecule has 1 aromatic heterocycles. The molecule has 0 aliphatic heterocycles. The van der Waals surface area contributed by atoms with E-state index in [0.29, 0.717) is 12.5 Å². The third kappa shape index (κ3) is 3.99. The number of halogens is 1. The quantitative estimate of drug-likeness (QED) is 0.741. The Balaban J connectivity index is 2.79. The molecule has 18 heavy (non-hydrogen) atoms. The fraction of sp³-hybridized carbons (Fsp3) is 0.786. The zero-order valence-electron chi connectivity index (χ0n) is 12.2. The zero-order valence-corrected chi connectivity index (χ0v) is 13.0. The summed E-state index contributed by atoms with van der Waals surface area (Å²) in [6.07, 6.45) is 1.90. The monoisotopic (exact) mass is 272 g/mol. The van der Waals surface area contributed by atoms with Gasteiger partial charge in [-0.2, -0.15) is 5.10 Å². The summed E-state index contributed by atoms with van der Waals surface area (Å²) in [4.78, 5) is 0. The molecule has 1 rings (SSSR count). The number of hydrogen-bond donors (Lipinski definition) is 0. The van der Waals surface area contributed by atoms with Crippen LogP contribution in [0.4, 0.5) is 0 Å². The highest BCUT2D eigenvalue weighted by atomic mass is 35.5. The van der Waals surface area contributed by atoms with Gasteiger partial charge in [0.15, 0.2) is 0 Å². The highest BCUT2D eigenvalue weighted by Gasteiger charge is 2.15. The number of rotatable bonds is 6. The highest BCUT2D eigenvalue weighted by molar-refractivity contribution is 6.17. The fourth-order valence-corrected chi connectivity index (χ4v) is 2.35. The van der Waals surface area contributed by atoms with Crippen molar-refractivity contribution >= 4 is 11.6 Å². The summed E-state index contributed by atoms with van der Waals surface area (Å²) in [5, 5.41) is 4.64. The molecular formula is C14H25ClN2O. The zero-order chi connectivity index (χ0) is 13.8. The predicted octanol–water partition coefficient (Wildman–Crippen LogP) is 3.56. The predicted molar refractivity (Wildman–Crippen MR) is 76.2 cm³/mol. The van der Waals surface area contributed by atoms with Crippen molar-refractivity contribution in [2.45, 2.75) is 65.5 Å². The van der Waals surface area contributed by atoms with Crippen LogP contribution in [0.3, 0.4) is 0 Å². The first kappa shape index (κ1) is 15.5. The second-order valence-electron chi connectivity index (χ2n) is 5.40. The number of alkyl halides is 1. The van der Waals surface area contributed by atoms with Gasteiger partial charge < -0.3 is 4.74 Å². The van der Waals surface area contributed by atoms with E-state index in [1.807, 2.05) is 0 Å². The average molecular weight is 273 g/mol. The summed E-state index contributed by atoms with van der Waals surface area (Å²) in [6.45, 7) is 11.9. The van der Waals surface area contributed by atoms with Gasteiger partial charge in [0.1, 0.15) is 0 Å². The van der Waals surface area contributed by atoms with Gasteiger partial charge in [-0.3, -0.25) is 4.68 Å². The van der Waals surface area contributed by atoms with E-state index in [9.17, 15) is 0 Å². The van der Waals surface area contributed by atoms with Crippen LogP contribution in [0.5, 0.6) is 0 Å². The van der Waals surface area contributed by atoms with Gasteiger partial charge in [0.05, 0.1) is 30.3 Å². The molecule has 1 aromatic rings. The van der Waals surface area contributed by atoms with Crippen LogP contribution < -0.4 is 0 Å². The number of nitrogens with zero attached hydrogens (tertiary/aromatic N) is 2. The molecule has 1 heterocycles. The van der Waals surface area contributed by atoms with E-state index in [2.05, 4.69) is 44.4 Å². The Hall–Kier alpha value is -0.540. The van der Waals surface area contributed by atoms with Gasteiger partial charge in [-0.25, -0.2) is 0 Å². The van der Waals surface area contributed by atoms with Crippen LogP contribution in [-0.4, -0.2) is 22.0 Å². The van der Waals surface area contributed by atoms with Gasteiger partial charge in [0.2, 0.25) is 0 Å². The Kier molecular flexibility index (Phi) is 5.67. The first-order valence-corrected chi connectivity index (χ1v) is 7.23. The maximum absolute atomic E-state index is 6.03. The molecule has 4 heteroatoms. The molecule has 0 saturated carbocycles. The maximum Gasteiger partial charge on any atom is 0.0669 e. The van der Waals surface area contributed by atoms with Crippen LogP contribution in [0.15, 0.2) is 0 Å². The minimum absolute atomic E-state index is 0.0948. The second kappa shape index (κ2) is 6.58. The van der Waals surface area contributed by atoms with Crippen molar-refractivity contribution in [3.63, 3.8) is 0 Å². The van der Waals surface area contributed by atoms with Gasteiger partial charge >= 0.3 is 0 Å². The van der Waals surface area contributed by atoms with E-state index in [1.54, 1.807) is 0 Å². The molecule has 0 aromatic carbocycles. The fourth-order valence-electron chi connectivity index (χ4n) is 2.05. The molecule has 0 N–H and O–H groups in total. The molecule has 0 aliphatic carbocycles. The van der Waals surface area contributed by atoms with E-state index in [4.69, 9.17) is 16.3 Å². The molecule has 0 spiro atoms. The van der Waals surface area contributed by atoms with Crippen LogP contribution in [-0.2, 0) is 30.0 Å². The third-order valence-electron chi connectivity index (χ3n) is 2.89. The summed E-state index contributed by atoms with van der Waals surface area (Å²) < 4.78 is 7.81. The smallest absolute Gasteiger partial charge is 0.0669 e. The lowest BCUT2D eigenvalue weighted by Crippen LogP contribution is -2.22. The molecule has 0 aliphatic rings. The Bertz CT molecular complexity index is 380. The summed E-state index contributed by atoms with van der Waals surface area (Å²) in [6, 6.07) is 0.